The highest BCUT2D eigenvalue weighted by molar-refractivity contribution is 7.17. The summed E-state index contributed by atoms with van der Waals surface area (Å²) in [6, 6.07) is 10.1. The van der Waals surface area contributed by atoms with Crippen LogP contribution in [0, 0.1) is 0 Å². The third-order valence-electron chi connectivity index (χ3n) is 3.27. The summed E-state index contributed by atoms with van der Waals surface area (Å²) in [5.74, 6) is 0.749. The molecule has 21 heavy (non-hydrogen) atoms. The Morgan fingerprint density at radius 1 is 1.24 bits per heavy atom. The molecule has 0 fully saturated rings. The van der Waals surface area contributed by atoms with E-state index in [-0.39, 0.29) is 11.9 Å². The molecule has 1 aromatic carbocycles. The van der Waals surface area contributed by atoms with Crippen LogP contribution >= 0.6 is 22.9 Å². The van der Waals surface area contributed by atoms with Crippen LogP contribution in [-0.4, -0.2) is 35.3 Å². The molecule has 0 saturated heterocycles. The topological polar surface area (TPSA) is 49.2 Å². The van der Waals surface area contributed by atoms with Crippen molar-refractivity contribution in [3.63, 3.8) is 0 Å². The molecule has 4 nitrogen and oxygen atoms in total. The summed E-state index contributed by atoms with van der Waals surface area (Å²) in [6.45, 7) is 0.553. The van der Waals surface area contributed by atoms with Crippen LogP contribution in [0.5, 0.6) is 0 Å². The standard InChI is InChI=1S/C15H14ClN3OS/c1-19(7-8-20)13-12-11(10-5-3-2-4-6-10)9-21-14(12)18-15(16)17-13/h2-6,9,20H,7-8H2,1H3. The second kappa shape index (κ2) is 5.97. The first-order valence-corrected chi connectivity index (χ1v) is 7.78. The molecule has 2 heterocycles. The summed E-state index contributed by atoms with van der Waals surface area (Å²) in [5.41, 5.74) is 2.21. The van der Waals surface area contributed by atoms with E-state index in [2.05, 4.69) is 27.5 Å². The summed E-state index contributed by atoms with van der Waals surface area (Å²) in [7, 11) is 1.89. The van der Waals surface area contributed by atoms with Gasteiger partial charge in [0.25, 0.3) is 0 Å². The number of likely N-dealkylation sites (N-methyl/N-ethyl adjacent to an activating group) is 1. The van der Waals surface area contributed by atoms with Crippen LogP contribution in [0.15, 0.2) is 35.7 Å². The molecule has 0 bridgehead atoms. The Balaban J connectivity index is 2.24. The van der Waals surface area contributed by atoms with Crippen molar-refractivity contribution in [3.8, 4) is 11.1 Å². The fraction of sp³-hybridized carbons (Fsp3) is 0.200. The minimum atomic E-state index is 0.0599. The van der Waals surface area contributed by atoms with E-state index in [1.165, 1.54) is 0 Å². The average molecular weight is 320 g/mol. The van der Waals surface area contributed by atoms with Gasteiger partial charge in [-0.1, -0.05) is 30.3 Å². The molecule has 0 amide bonds. The van der Waals surface area contributed by atoms with Gasteiger partial charge in [-0.25, -0.2) is 4.98 Å². The van der Waals surface area contributed by atoms with E-state index < -0.39 is 0 Å². The minimum absolute atomic E-state index is 0.0599. The van der Waals surface area contributed by atoms with Crippen molar-refractivity contribution in [2.75, 3.05) is 25.1 Å². The first kappa shape index (κ1) is 14.3. The van der Waals surface area contributed by atoms with Crippen molar-refractivity contribution in [1.29, 1.82) is 0 Å². The zero-order chi connectivity index (χ0) is 14.8. The van der Waals surface area contributed by atoms with Crippen LogP contribution in [0.4, 0.5) is 5.82 Å². The number of aliphatic hydroxyl groups is 1. The van der Waals surface area contributed by atoms with Gasteiger partial charge in [-0.3, -0.25) is 0 Å². The number of hydrogen-bond donors (Lipinski definition) is 1. The smallest absolute Gasteiger partial charge is 0.225 e. The molecule has 0 unspecified atom stereocenters. The summed E-state index contributed by atoms with van der Waals surface area (Å²) >= 11 is 7.57. The first-order valence-electron chi connectivity index (χ1n) is 6.53. The van der Waals surface area contributed by atoms with Crippen LogP contribution in [0.25, 0.3) is 21.3 Å². The average Bonchev–Trinajstić information content (AvgIpc) is 2.91. The number of halogens is 1. The summed E-state index contributed by atoms with van der Waals surface area (Å²) in [6.07, 6.45) is 0. The van der Waals surface area contributed by atoms with Gasteiger partial charge in [0.2, 0.25) is 5.28 Å². The number of rotatable bonds is 4. The Labute approximate surface area is 131 Å². The van der Waals surface area contributed by atoms with Crippen molar-refractivity contribution >= 4 is 39.0 Å². The zero-order valence-corrected chi connectivity index (χ0v) is 13.0. The van der Waals surface area contributed by atoms with Crippen LogP contribution in [0.2, 0.25) is 5.28 Å². The van der Waals surface area contributed by atoms with Crippen LogP contribution < -0.4 is 4.90 Å². The quantitative estimate of drug-likeness (QED) is 0.748. The monoisotopic (exact) mass is 319 g/mol. The van der Waals surface area contributed by atoms with Crippen LogP contribution in [0.3, 0.4) is 0 Å². The highest BCUT2D eigenvalue weighted by atomic mass is 35.5. The van der Waals surface area contributed by atoms with Crippen molar-refractivity contribution in [2.24, 2.45) is 0 Å². The molecule has 3 rings (SSSR count). The van der Waals surface area contributed by atoms with Crippen LogP contribution in [0.1, 0.15) is 0 Å². The Morgan fingerprint density at radius 3 is 2.71 bits per heavy atom. The van der Waals surface area contributed by atoms with Gasteiger partial charge in [-0.05, 0) is 17.2 Å². The first-order chi connectivity index (χ1) is 10.2. The van der Waals surface area contributed by atoms with E-state index in [0.29, 0.717) is 6.54 Å². The van der Waals surface area contributed by atoms with E-state index in [9.17, 15) is 0 Å². The fourth-order valence-corrected chi connectivity index (χ4v) is 3.42. The lowest BCUT2D eigenvalue weighted by atomic mass is 10.1. The summed E-state index contributed by atoms with van der Waals surface area (Å²) < 4.78 is 0. The predicted molar refractivity (Wildman–Crippen MR) is 88.2 cm³/mol. The molecule has 0 spiro atoms. The molecule has 0 atom stereocenters. The lowest BCUT2D eigenvalue weighted by molar-refractivity contribution is 0.304. The van der Waals surface area contributed by atoms with Gasteiger partial charge in [0.05, 0.1) is 12.0 Å². The molecule has 0 aliphatic rings. The number of nitrogens with zero attached hydrogens (tertiary/aromatic N) is 3. The van der Waals surface area contributed by atoms with Crippen molar-refractivity contribution in [1.82, 2.24) is 9.97 Å². The highest BCUT2D eigenvalue weighted by Gasteiger charge is 2.17. The van der Waals surface area contributed by atoms with E-state index in [4.69, 9.17) is 16.7 Å². The molecular weight excluding hydrogens is 306 g/mol. The third-order valence-corrected chi connectivity index (χ3v) is 4.31. The van der Waals surface area contributed by atoms with E-state index in [1.807, 2.05) is 30.1 Å². The maximum Gasteiger partial charge on any atom is 0.225 e. The number of aliphatic hydroxyl groups excluding tert-OH is 1. The summed E-state index contributed by atoms with van der Waals surface area (Å²) in [4.78, 5) is 11.4. The van der Waals surface area contributed by atoms with Gasteiger partial charge >= 0.3 is 0 Å². The number of hydrogen-bond acceptors (Lipinski definition) is 5. The fourth-order valence-electron chi connectivity index (χ4n) is 2.26. The number of fused-ring (bicyclic) bond motifs is 1. The van der Waals surface area contributed by atoms with Gasteiger partial charge in [-0.2, -0.15) is 4.98 Å². The minimum Gasteiger partial charge on any atom is -0.395 e. The Kier molecular flexibility index (Phi) is 4.05. The number of thiophene rings is 1. The molecule has 6 heteroatoms. The molecule has 0 radical (unpaired) electrons. The molecular formula is C15H14ClN3OS. The third kappa shape index (κ3) is 2.72. The number of benzene rings is 1. The Bertz CT molecular complexity index is 760. The SMILES string of the molecule is CN(CCO)c1nc(Cl)nc2scc(-c3ccccc3)c12. The van der Waals surface area contributed by atoms with E-state index in [1.54, 1.807) is 11.3 Å². The van der Waals surface area contributed by atoms with Crippen molar-refractivity contribution in [2.45, 2.75) is 0 Å². The molecule has 0 saturated carbocycles. The Hall–Kier alpha value is -1.69. The maximum atomic E-state index is 9.16. The van der Waals surface area contributed by atoms with Gasteiger partial charge in [0.15, 0.2) is 0 Å². The Morgan fingerprint density at radius 2 is 2.00 bits per heavy atom. The van der Waals surface area contributed by atoms with Crippen molar-refractivity contribution in [3.05, 3.63) is 41.0 Å². The van der Waals surface area contributed by atoms with E-state index >= 15 is 0 Å². The van der Waals surface area contributed by atoms with Gasteiger partial charge < -0.3 is 10.0 Å². The summed E-state index contributed by atoms with van der Waals surface area (Å²) in [5, 5.41) is 12.4. The molecule has 3 aromatic rings. The van der Waals surface area contributed by atoms with Crippen molar-refractivity contribution < 1.29 is 5.11 Å². The molecule has 108 valence electrons. The molecule has 0 aliphatic heterocycles. The van der Waals surface area contributed by atoms with Gasteiger partial charge in [0.1, 0.15) is 10.6 Å². The number of aromatic nitrogens is 2. The molecule has 1 N–H and O–H groups in total. The maximum absolute atomic E-state index is 9.16. The normalized spacial score (nSPS) is 11.0. The van der Waals surface area contributed by atoms with Gasteiger partial charge in [0, 0.05) is 24.5 Å². The highest BCUT2D eigenvalue weighted by Crippen LogP contribution is 2.38. The second-order valence-electron chi connectivity index (χ2n) is 4.66. The molecule has 0 aliphatic carbocycles. The number of anilines is 1. The largest absolute Gasteiger partial charge is 0.395 e. The van der Waals surface area contributed by atoms with Crippen LogP contribution in [-0.2, 0) is 0 Å². The predicted octanol–water partition coefficient (Wildman–Crippen LogP) is 3.44. The second-order valence-corrected chi connectivity index (χ2v) is 5.85. The molecule has 2 aromatic heterocycles. The zero-order valence-electron chi connectivity index (χ0n) is 11.5. The van der Waals surface area contributed by atoms with Gasteiger partial charge in [-0.15, -0.1) is 11.3 Å². The van der Waals surface area contributed by atoms with E-state index in [0.717, 1.165) is 27.2 Å². The lowest BCUT2D eigenvalue weighted by Crippen LogP contribution is -2.22. The lowest BCUT2D eigenvalue weighted by Gasteiger charge is -2.18.